The van der Waals surface area contributed by atoms with Gasteiger partial charge in [0.15, 0.2) is 6.04 Å². The van der Waals surface area contributed by atoms with Crippen molar-refractivity contribution >= 4 is 41.2 Å². The van der Waals surface area contributed by atoms with Crippen molar-refractivity contribution in [2.45, 2.75) is 12.1 Å². The van der Waals surface area contributed by atoms with Crippen molar-refractivity contribution in [3.8, 4) is 5.75 Å². The molecule has 162 valence electrons. The molecule has 0 bridgehead atoms. The molecule has 8 heteroatoms. The highest BCUT2D eigenvalue weighted by atomic mass is 35.5. The summed E-state index contributed by atoms with van der Waals surface area (Å²) in [6.45, 7) is 0. The predicted octanol–water partition coefficient (Wildman–Crippen LogP) is 4.02. The number of rotatable bonds is 5. The van der Waals surface area contributed by atoms with Crippen LogP contribution >= 0.6 is 23.2 Å². The number of hydrazine groups is 1. The van der Waals surface area contributed by atoms with Crippen molar-refractivity contribution in [3.63, 3.8) is 0 Å². The third kappa shape index (κ3) is 4.77. The summed E-state index contributed by atoms with van der Waals surface area (Å²) in [4.78, 5) is 25.7. The van der Waals surface area contributed by atoms with Gasteiger partial charge in [-0.05, 0) is 54.6 Å². The van der Waals surface area contributed by atoms with Crippen LogP contribution in [0.15, 0.2) is 72.8 Å². The second-order valence-electron chi connectivity index (χ2n) is 7.24. The molecule has 0 aromatic heterocycles. The molecular weight excluding hydrogens is 449 g/mol. The zero-order chi connectivity index (χ0) is 22.7. The Morgan fingerprint density at radius 2 is 1.69 bits per heavy atom. The molecule has 1 aliphatic heterocycles. The number of ether oxygens (including phenoxy) is 1. The molecule has 2 atom stereocenters. The SMILES string of the molecule is COc1cccc(/C=[N+]2\NC(=O)[C@H](NC(=O)c3ccc(Cl)cc3)[C@@H]2c2ccc(Cl)cc2)c1. The van der Waals surface area contributed by atoms with Crippen LogP contribution in [0.3, 0.4) is 0 Å². The fraction of sp³-hybridized carbons (Fsp3) is 0.125. The first kappa shape index (κ1) is 21.9. The summed E-state index contributed by atoms with van der Waals surface area (Å²) < 4.78 is 6.98. The highest BCUT2D eigenvalue weighted by molar-refractivity contribution is 6.30. The molecule has 3 aromatic carbocycles. The standard InChI is InChI=1S/C24H19Cl2N3O3/c1-32-20-4-2-3-15(13-20)14-29-22(16-5-9-18(25)10-6-16)21(24(31)28-29)27-23(30)17-7-11-19(26)12-8-17/h2-14,21-22H,1H3,(H-,27,28,30,31)/p+1/b29-14-/t21-,22+/m1/s1. The van der Waals surface area contributed by atoms with Crippen LogP contribution in [0.5, 0.6) is 5.75 Å². The number of halogens is 2. The monoisotopic (exact) mass is 468 g/mol. The van der Waals surface area contributed by atoms with E-state index < -0.39 is 12.1 Å². The molecule has 1 aliphatic rings. The van der Waals surface area contributed by atoms with Crippen LogP contribution in [0.2, 0.25) is 10.0 Å². The number of carbonyl (C=O) groups excluding carboxylic acids is 2. The van der Waals surface area contributed by atoms with Crippen molar-refractivity contribution in [1.29, 1.82) is 0 Å². The Bertz CT molecular complexity index is 1180. The summed E-state index contributed by atoms with van der Waals surface area (Å²) >= 11 is 12.0. The number of amides is 2. The Morgan fingerprint density at radius 1 is 1.03 bits per heavy atom. The molecule has 0 spiro atoms. The largest absolute Gasteiger partial charge is 0.497 e. The summed E-state index contributed by atoms with van der Waals surface area (Å²) in [6, 6.07) is 19.8. The zero-order valence-electron chi connectivity index (χ0n) is 17.1. The molecule has 0 unspecified atom stereocenters. The third-order valence-corrected chi connectivity index (χ3v) is 5.63. The van der Waals surface area contributed by atoms with Crippen LogP contribution in [0.1, 0.15) is 27.5 Å². The van der Waals surface area contributed by atoms with Crippen LogP contribution in [0.25, 0.3) is 0 Å². The first-order chi connectivity index (χ1) is 15.4. The van der Waals surface area contributed by atoms with E-state index in [4.69, 9.17) is 27.9 Å². The van der Waals surface area contributed by atoms with Crippen molar-refractivity contribution in [1.82, 2.24) is 10.7 Å². The van der Waals surface area contributed by atoms with Gasteiger partial charge in [-0.1, -0.05) is 41.4 Å². The molecule has 1 fully saturated rings. The van der Waals surface area contributed by atoms with Gasteiger partial charge >= 0.3 is 5.91 Å². The summed E-state index contributed by atoms with van der Waals surface area (Å²) in [6.07, 6.45) is 1.80. The molecule has 0 saturated carbocycles. The Morgan fingerprint density at radius 3 is 2.34 bits per heavy atom. The fourth-order valence-corrected chi connectivity index (χ4v) is 3.80. The summed E-state index contributed by atoms with van der Waals surface area (Å²) in [5, 5.41) is 3.96. The van der Waals surface area contributed by atoms with Crippen LogP contribution in [-0.4, -0.2) is 35.9 Å². The van der Waals surface area contributed by atoms with E-state index in [-0.39, 0.29) is 11.8 Å². The Kier molecular flexibility index (Phi) is 6.44. The lowest BCUT2D eigenvalue weighted by Gasteiger charge is -2.15. The number of hydrazone groups is 1. The van der Waals surface area contributed by atoms with E-state index >= 15 is 0 Å². The molecule has 2 N–H and O–H groups in total. The number of nitrogens with zero attached hydrogens (tertiary/aromatic N) is 1. The fourth-order valence-electron chi connectivity index (χ4n) is 3.55. The quantitative estimate of drug-likeness (QED) is 0.555. The molecule has 1 saturated heterocycles. The van der Waals surface area contributed by atoms with Gasteiger partial charge in [0.1, 0.15) is 5.75 Å². The molecule has 1 heterocycles. The van der Waals surface area contributed by atoms with Gasteiger partial charge in [-0.15, -0.1) is 10.1 Å². The highest BCUT2D eigenvalue weighted by Crippen LogP contribution is 2.27. The number of benzene rings is 3. The van der Waals surface area contributed by atoms with Crippen LogP contribution in [-0.2, 0) is 4.79 Å². The summed E-state index contributed by atoms with van der Waals surface area (Å²) in [5.74, 6) is -0.00433. The van der Waals surface area contributed by atoms with Gasteiger partial charge in [-0.25, -0.2) is 0 Å². The molecule has 0 radical (unpaired) electrons. The van der Waals surface area contributed by atoms with Crippen LogP contribution < -0.4 is 15.5 Å². The molecule has 4 rings (SSSR count). The van der Waals surface area contributed by atoms with Gasteiger partial charge in [-0.3, -0.25) is 9.59 Å². The van der Waals surface area contributed by atoms with E-state index in [0.29, 0.717) is 21.4 Å². The first-order valence-electron chi connectivity index (χ1n) is 9.84. The van der Waals surface area contributed by atoms with E-state index in [1.54, 1.807) is 54.4 Å². The first-order valence-corrected chi connectivity index (χ1v) is 10.6. The average Bonchev–Trinajstić information content (AvgIpc) is 3.09. The molecule has 0 aliphatic carbocycles. The van der Waals surface area contributed by atoms with Gasteiger partial charge in [0.25, 0.3) is 5.91 Å². The Balaban J connectivity index is 1.70. The number of hydrogen-bond donors (Lipinski definition) is 2. The van der Waals surface area contributed by atoms with Crippen molar-refractivity contribution in [2.75, 3.05) is 7.11 Å². The molecule has 2 amide bonds. The van der Waals surface area contributed by atoms with Crippen LogP contribution in [0, 0.1) is 0 Å². The van der Waals surface area contributed by atoms with E-state index in [1.165, 1.54) is 0 Å². The van der Waals surface area contributed by atoms with Gasteiger partial charge < -0.3 is 10.1 Å². The van der Waals surface area contributed by atoms with Crippen molar-refractivity contribution in [3.05, 3.63) is 99.5 Å². The van der Waals surface area contributed by atoms with Crippen molar-refractivity contribution in [2.24, 2.45) is 0 Å². The number of methoxy groups -OCH3 is 1. The molecule has 6 nitrogen and oxygen atoms in total. The number of hydrogen-bond acceptors (Lipinski definition) is 3. The van der Waals surface area contributed by atoms with Gasteiger partial charge in [0.05, 0.1) is 7.11 Å². The molecule has 3 aromatic rings. The lowest BCUT2D eigenvalue weighted by Crippen LogP contribution is -2.42. The maximum atomic E-state index is 12.9. The third-order valence-electron chi connectivity index (χ3n) is 5.12. The van der Waals surface area contributed by atoms with Gasteiger partial charge in [-0.2, -0.15) is 0 Å². The second kappa shape index (κ2) is 9.42. The predicted molar refractivity (Wildman–Crippen MR) is 123 cm³/mol. The molecule has 32 heavy (non-hydrogen) atoms. The Labute approximate surface area is 195 Å². The summed E-state index contributed by atoms with van der Waals surface area (Å²) in [5.41, 5.74) is 4.90. The molecular formula is C24H20Cl2N3O3+. The smallest absolute Gasteiger partial charge is 0.304 e. The minimum atomic E-state index is -0.832. The van der Waals surface area contributed by atoms with Crippen molar-refractivity contribution < 1.29 is 19.0 Å². The average molecular weight is 469 g/mol. The maximum absolute atomic E-state index is 12.9. The van der Waals surface area contributed by atoms with E-state index in [2.05, 4.69) is 10.7 Å². The van der Waals surface area contributed by atoms with E-state index in [0.717, 1.165) is 11.1 Å². The lowest BCUT2D eigenvalue weighted by atomic mass is 10.00. The second-order valence-corrected chi connectivity index (χ2v) is 8.12. The zero-order valence-corrected chi connectivity index (χ0v) is 18.6. The van der Waals surface area contributed by atoms with E-state index in [9.17, 15) is 9.59 Å². The Hall–Kier alpha value is -3.35. The number of carbonyl (C=O) groups is 2. The summed E-state index contributed by atoms with van der Waals surface area (Å²) in [7, 11) is 1.59. The topological polar surface area (TPSA) is 70.4 Å². The normalized spacial score (nSPS) is 19.0. The minimum Gasteiger partial charge on any atom is -0.497 e. The number of nitrogens with one attached hydrogen (secondary N) is 2. The van der Waals surface area contributed by atoms with E-state index in [1.807, 2.05) is 36.4 Å². The van der Waals surface area contributed by atoms with Crippen LogP contribution in [0.4, 0.5) is 0 Å². The van der Waals surface area contributed by atoms with Gasteiger partial charge in [0, 0.05) is 26.7 Å². The highest BCUT2D eigenvalue weighted by Gasteiger charge is 2.47. The lowest BCUT2D eigenvalue weighted by molar-refractivity contribution is -0.596. The minimum absolute atomic E-state index is 0.327. The van der Waals surface area contributed by atoms with Gasteiger partial charge in [0.2, 0.25) is 12.3 Å². The maximum Gasteiger partial charge on any atom is 0.304 e.